The molecule has 0 bridgehead atoms. The van der Waals surface area contributed by atoms with Gasteiger partial charge in [0.25, 0.3) is 5.91 Å². The summed E-state index contributed by atoms with van der Waals surface area (Å²) in [5, 5.41) is 3.82. The Kier molecular flexibility index (Phi) is 3.68. The molecule has 0 atom stereocenters. The van der Waals surface area contributed by atoms with Crippen LogP contribution in [0.15, 0.2) is 52.2 Å². The Morgan fingerprint density at radius 2 is 2.14 bits per heavy atom. The summed E-state index contributed by atoms with van der Waals surface area (Å²) < 4.78 is 15.5. The Bertz CT molecular complexity index is 690. The number of amides is 1. The van der Waals surface area contributed by atoms with Crippen molar-refractivity contribution in [2.75, 3.05) is 6.79 Å². The second kappa shape index (κ2) is 5.96. The molecule has 1 aromatic carbocycles. The van der Waals surface area contributed by atoms with Crippen LogP contribution >= 0.6 is 0 Å². The molecule has 6 heteroatoms. The van der Waals surface area contributed by atoms with Crippen LogP contribution in [0.25, 0.3) is 6.08 Å². The minimum atomic E-state index is -0.323. The van der Waals surface area contributed by atoms with Gasteiger partial charge in [-0.2, -0.15) is 5.10 Å². The van der Waals surface area contributed by atoms with E-state index in [1.165, 1.54) is 6.21 Å². The highest BCUT2D eigenvalue weighted by atomic mass is 16.7. The molecule has 0 fully saturated rings. The van der Waals surface area contributed by atoms with E-state index in [1.54, 1.807) is 42.7 Å². The summed E-state index contributed by atoms with van der Waals surface area (Å²) in [4.78, 5) is 11.9. The number of nitrogens with one attached hydrogen (secondary N) is 1. The molecule has 0 saturated heterocycles. The molecule has 6 nitrogen and oxygen atoms in total. The van der Waals surface area contributed by atoms with Gasteiger partial charge in [-0.3, -0.25) is 4.79 Å². The lowest BCUT2D eigenvalue weighted by molar-refractivity contribution is 0.0954. The van der Waals surface area contributed by atoms with E-state index < -0.39 is 0 Å². The van der Waals surface area contributed by atoms with Crippen molar-refractivity contribution in [2.45, 2.75) is 0 Å². The third-order valence-corrected chi connectivity index (χ3v) is 2.77. The minimum absolute atomic E-state index is 0.177. The van der Waals surface area contributed by atoms with Crippen molar-refractivity contribution >= 4 is 18.2 Å². The van der Waals surface area contributed by atoms with Crippen LogP contribution < -0.4 is 14.9 Å². The normalized spacial score (nSPS) is 13.1. The Hall–Kier alpha value is -3.02. The third kappa shape index (κ3) is 3.11. The summed E-state index contributed by atoms with van der Waals surface area (Å²) in [7, 11) is 0. The standard InChI is InChI=1S/C15H12N2O4/c18-15(11-5-6-13-14(9-11)21-10-20-13)17-16-7-1-3-12-4-2-8-19-12/h1-9H,10H2,(H,17,18)/b3-1+,16-7+. The quantitative estimate of drug-likeness (QED) is 0.691. The first kappa shape index (κ1) is 13.0. The number of allylic oxidation sites excluding steroid dienone is 1. The van der Waals surface area contributed by atoms with E-state index in [0.29, 0.717) is 22.8 Å². The van der Waals surface area contributed by atoms with E-state index in [4.69, 9.17) is 13.9 Å². The number of hydrogen-bond donors (Lipinski definition) is 1. The van der Waals surface area contributed by atoms with Gasteiger partial charge in [0.05, 0.1) is 6.26 Å². The number of benzene rings is 1. The number of nitrogens with zero attached hydrogens (tertiary/aromatic N) is 1. The average molecular weight is 284 g/mol. The number of furan rings is 1. The van der Waals surface area contributed by atoms with Crippen molar-refractivity contribution in [1.82, 2.24) is 5.43 Å². The maximum Gasteiger partial charge on any atom is 0.271 e. The number of hydrazone groups is 1. The predicted molar refractivity (Wildman–Crippen MR) is 76.3 cm³/mol. The summed E-state index contributed by atoms with van der Waals surface area (Å²) >= 11 is 0. The lowest BCUT2D eigenvalue weighted by Gasteiger charge is -2.01. The summed E-state index contributed by atoms with van der Waals surface area (Å²) in [6.45, 7) is 0.177. The van der Waals surface area contributed by atoms with Crippen LogP contribution in [-0.2, 0) is 0 Å². The first-order valence-corrected chi connectivity index (χ1v) is 6.26. The van der Waals surface area contributed by atoms with Crippen LogP contribution in [0.5, 0.6) is 11.5 Å². The number of carbonyl (C=O) groups is 1. The molecule has 106 valence electrons. The van der Waals surface area contributed by atoms with E-state index in [0.717, 1.165) is 0 Å². The van der Waals surface area contributed by atoms with Crippen molar-refractivity contribution in [1.29, 1.82) is 0 Å². The molecule has 1 N–H and O–H groups in total. The maximum absolute atomic E-state index is 11.9. The lowest BCUT2D eigenvalue weighted by atomic mass is 10.2. The fraction of sp³-hybridized carbons (Fsp3) is 0.0667. The first-order chi connectivity index (χ1) is 10.3. The Morgan fingerprint density at radius 3 is 3.00 bits per heavy atom. The molecule has 0 saturated carbocycles. The topological polar surface area (TPSA) is 73.1 Å². The summed E-state index contributed by atoms with van der Waals surface area (Å²) in [5.74, 6) is 1.58. The second-order valence-corrected chi connectivity index (χ2v) is 4.16. The van der Waals surface area contributed by atoms with Crippen molar-refractivity contribution < 1.29 is 18.7 Å². The molecule has 2 aromatic rings. The van der Waals surface area contributed by atoms with Gasteiger partial charge in [0.2, 0.25) is 6.79 Å². The van der Waals surface area contributed by atoms with E-state index in [-0.39, 0.29) is 12.7 Å². The molecular weight excluding hydrogens is 272 g/mol. The molecule has 0 aliphatic carbocycles. The van der Waals surface area contributed by atoms with Gasteiger partial charge in [0.15, 0.2) is 11.5 Å². The molecule has 3 rings (SSSR count). The molecular formula is C15H12N2O4. The third-order valence-electron chi connectivity index (χ3n) is 2.77. The Balaban J connectivity index is 1.56. The molecule has 2 heterocycles. The molecule has 1 aliphatic heterocycles. The van der Waals surface area contributed by atoms with Gasteiger partial charge in [-0.1, -0.05) is 0 Å². The van der Waals surface area contributed by atoms with Crippen LogP contribution in [0, 0.1) is 0 Å². The van der Waals surface area contributed by atoms with Crippen molar-refractivity contribution in [2.24, 2.45) is 5.10 Å². The fourth-order valence-electron chi connectivity index (χ4n) is 1.77. The molecule has 1 aliphatic rings. The number of carbonyl (C=O) groups excluding carboxylic acids is 1. The lowest BCUT2D eigenvalue weighted by Crippen LogP contribution is -2.17. The molecule has 0 unspecified atom stereocenters. The Labute approximate surface area is 120 Å². The summed E-state index contributed by atoms with van der Waals surface area (Å²) in [6.07, 6.45) is 6.45. The summed E-state index contributed by atoms with van der Waals surface area (Å²) in [6, 6.07) is 8.56. The van der Waals surface area contributed by atoms with Gasteiger partial charge >= 0.3 is 0 Å². The van der Waals surface area contributed by atoms with E-state index >= 15 is 0 Å². The largest absolute Gasteiger partial charge is 0.465 e. The summed E-state index contributed by atoms with van der Waals surface area (Å²) in [5.41, 5.74) is 2.87. The Morgan fingerprint density at radius 1 is 1.24 bits per heavy atom. The van der Waals surface area contributed by atoms with Gasteiger partial charge in [0, 0.05) is 11.8 Å². The van der Waals surface area contributed by atoms with Crippen molar-refractivity contribution in [3.63, 3.8) is 0 Å². The molecule has 0 spiro atoms. The smallest absolute Gasteiger partial charge is 0.271 e. The minimum Gasteiger partial charge on any atom is -0.465 e. The van der Waals surface area contributed by atoms with Gasteiger partial charge in [0.1, 0.15) is 5.76 Å². The second-order valence-electron chi connectivity index (χ2n) is 4.16. The van der Waals surface area contributed by atoms with Gasteiger partial charge < -0.3 is 13.9 Å². The van der Waals surface area contributed by atoms with Gasteiger partial charge in [-0.05, 0) is 42.5 Å². The van der Waals surface area contributed by atoms with Crippen LogP contribution in [0.2, 0.25) is 0 Å². The zero-order valence-corrected chi connectivity index (χ0v) is 11.0. The molecule has 0 radical (unpaired) electrons. The van der Waals surface area contributed by atoms with E-state index in [2.05, 4.69) is 10.5 Å². The van der Waals surface area contributed by atoms with E-state index in [1.807, 2.05) is 6.07 Å². The monoisotopic (exact) mass is 284 g/mol. The van der Waals surface area contributed by atoms with Gasteiger partial charge in [-0.25, -0.2) is 5.43 Å². The highest BCUT2D eigenvalue weighted by Crippen LogP contribution is 2.32. The predicted octanol–water partition coefficient (Wildman–Crippen LogP) is 2.44. The van der Waals surface area contributed by atoms with Crippen LogP contribution in [0.3, 0.4) is 0 Å². The number of fused-ring (bicyclic) bond motifs is 1. The molecule has 1 aromatic heterocycles. The van der Waals surface area contributed by atoms with E-state index in [9.17, 15) is 4.79 Å². The highest BCUT2D eigenvalue weighted by Gasteiger charge is 2.15. The maximum atomic E-state index is 11.9. The fourth-order valence-corrected chi connectivity index (χ4v) is 1.77. The number of ether oxygens (including phenoxy) is 2. The molecule has 1 amide bonds. The zero-order chi connectivity index (χ0) is 14.5. The SMILES string of the molecule is O=C(N/N=C/C=C/c1ccco1)c1ccc2c(c1)OCO2. The van der Waals surface area contributed by atoms with Crippen LogP contribution in [-0.4, -0.2) is 18.9 Å². The highest BCUT2D eigenvalue weighted by molar-refractivity contribution is 5.95. The first-order valence-electron chi connectivity index (χ1n) is 6.26. The molecule has 21 heavy (non-hydrogen) atoms. The van der Waals surface area contributed by atoms with Crippen molar-refractivity contribution in [3.8, 4) is 11.5 Å². The van der Waals surface area contributed by atoms with Gasteiger partial charge in [-0.15, -0.1) is 0 Å². The number of rotatable bonds is 4. The number of hydrogen-bond acceptors (Lipinski definition) is 5. The van der Waals surface area contributed by atoms with Crippen LogP contribution in [0.1, 0.15) is 16.1 Å². The van der Waals surface area contributed by atoms with Crippen LogP contribution in [0.4, 0.5) is 0 Å². The zero-order valence-electron chi connectivity index (χ0n) is 11.0. The average Bonchev–Trinajstić information content (AvgIpc) is 3.17. The van der Waals surface area contributed by atoms with Crippen molar-refractivity contribution in [3.05, 3.63) is 54.0 Å².